The zero-order valence-electron chi connectivity index (χ0n) is 10.8. The van der Waals surface area contributed by atoms with Gasteiger partial charge >= 0.3 is 6.18 Å². The zero-order valence-corrected chi connectivity index (χ0v) is 10.8. The minimum atomic E-state index is -4.70. The number of halogens is 4. The van der Waals surface area contributed by atoms with E-state index in [9.17, 15) is 17.6 Å². The molecule has 0 bridgehead atoms. The van der Waals surface area contributed by atoms with Gasteiger partial charge in [0.25, 0.3) is 0 Å². The summed E-state index contributed by atoms with van der Waals surface area (Å²) in [6.45, 7) is 1.64. The average Bonchev–Trinajstić information content (AvgIpc) is 2.40. The Labute approximate surface area is 117 Å². The summed E-state index contributed by atoms with van der Waals surface area (Å²) in [6.07, 6.45) is -3.19. The summed E-state index contributed by atoms with van der Waals surface area (Å²) in [5.74, 6) is -1.23. The largest absolute Gasteiger partial charge is 0.416 e. The molecule has 1 N–H and O–H groups in total. The lowest BCUT2D eigenvalue weighted by molar-refractivity contribution is -0.137. The van der Waals surface area contributed by atoms with Gasteiger partial charge in [0, 0.05) is 6.20 Å². The molecule has 0 aliphatic carbocycles. The van der Waals surface area contributed by atoms with Gasteiger partial charge in [-0.1, -0.05) is 0 Å². The Morgan fingerprint density at radius 2 is 1.95 bits per heavy atom. The van der Waals surface area contributed by atoms with Gasteiger partial charge in [0.15, 0.2) is 0 Å². The molecule has 1 aromatic carbocycles. The first-order valence-corrected chi connectivity index (χ1v) is 5.82. The van der Waals surface area contributed by atoms with Crippen molar-refractivity contribution < 1.29 is 17.6 Å². The molecule has 2 rings (SSSR count). The first kappa shape index (κ1) is 14.8. The summed E-state index contributed by atoms with van der Waals surface area (Å²) in [5.41, 5.74) is -0.984. The average molecular weight is 295 g/mol. The second-order valence-electron chi connectivity index (χ2n) is 4.25. The maximum atomic E-state index is 13.7. The summed E-state index contributed by atoms with van der Waals surface area (Å²) in [4.78, 5) is 3.96. The standard InChI is InChI=1S/C14H9F4N3/c1-8-12(3-2-4-20-8)21-13-6-9(14(16,17)18)5-11(15)10(13)7-19/h2-6,21H,1H3. The highest BCUT2D eigenvalue weighted by atomic mass is 19.4. The molecule has 1 heterocycles. The number of nitrogens with one attached hydrogen (secondary N) is 1. The van der Waals surface area contributed by atoms with E-state index in [1.165, 1.54) is 6.20 Å². The number of hydrogen-bond acceptors (Lipinski definition) is 3. The third kappa shape index (κ3) is 3.11. The summed E-state index contributed by atoms with van der Waals surface area (Å²) >= 11 is 0. The van der Waals surface area contributed by atoms with E-state index >= 15 is 0 Å². The summed E-state index contributed by atoms with van der Waals surface area (Å²) in [7, 11) is 0. The Hall–Kier alpha value is -2.62. The van der Waals surface area contributed by atoms with Gasteiger partial charge in [-0.2, -0.15) is 18.4 Å². The van der Waals surface area contributed by atoms with Crippen LogP contribution in [-0.2, 0) is 6.18 Å². The Balaban J connectivity index is 2.54. The molecule has 0 radical (unpaired) electrons. The molecule has 1 aromatic heterocycles. The van der Waals surface area contributed by atoms with Gasteiger partial charge in [-0.15, -0.1) is 0 Å². The maximum Gasteiger partial charge on any atom is 0.416 e. The lowest BCUT2D eigenvalue weighted by Gasteiger charge is -2.14. The predicted octanol–water partition coefficient (Wildman–Crippen LogP) is 4.16. The maximum absolute atomic E-state index is 13.7. The van der Waals surface area contributed by atoms with Gasteiger partial charge in [0.2, 0.25) is 0 Å². The number of hydrogen-bond donors (Lipinski definition) is 1. The van der Waals surface area contributed by atoms with Gasteiger partial charge in [0.05, 0.1) is 22.6 Å². The fourth-order valence-corrected chi connectivity index (χ4v) is 1.74. The molecule has 0 fully saturated rings. The van der Waals surface area contributed by atoms with Gasteiger partial charge in [-0.3, -0.25) is 4.98 Å². The van der Waals surface area contributed by atoms with Crippen molar-refractivity contribution in [3.8, 4) is 6.07 Å². The molecule has 108 valence electrons. The number of aryl methyl sites for hydroxylation is 1. The number of aromatic nitrogens is 1. The van der Waals surface area contributed by atoms with E-state index in [0.29, 0.717) is 23.5 Å². The van der Waals surface area contributed by atoms with E-state index in [1.807, 2.05) is 0 Å². The van der Waals surface area contributed by atoms with E-state index in [-0.39, 0.29) is 5.69 Å². The molecule has 7 heteroatoms. The lowest BCUT2D eigenvalue weighted by atomic mass is 10.1. The second-order valence-corrected chi connectivity index (χ2v) is 4.25. The van der Waals surface area contributed by atoms with E-state index in [2.05, 4.69) is 10.3 Å². The van der Waals surface area contributed by atoms with Crippen molar-refractivity contribution in [1.29, 1.82) is 5.26 Å². The van der Waals surface area contributed by atoms with Crippen molar-refractivity contribution in [1.82, 2.24) is 4.98 Å². The second kappa shape index (κ2) is 5.40. The molecule has 0 unspecified atom stereocenters. The van der Waals surface area contributed by atoms with Gasteiger partial charge in [0.1, 0.15) is 17.4 Å². The zero-order chi connectivity index (χ0) is 15.6. The predicted molar refractivity (Wildman–Crippen MR) is 68.4 cm³/mol. The van der Waals surface area contributed by atoms with E-state index in [1.54, 1.807) is 25.1 Å². The summed E-state index contributed by atoms with van der Waals surface area (Å²) in [6, 6.07) is 5.71. The molecular formula is C14H9F4N3. The normalized spacial score (nSPS) is 11.0. The topological polar surface area (TPSA) is 48.7 Å². The molecule has 0 aliphatic rings. The van der Waals surface area contributed by atoms with Crippen LogP contribution in [0.1, 0.15) is 16.8 Å². The molecule has 0 saturated carbocycles. The number of alkyl halides is 3. The third-order valence-electron chi connectivity index (χ3n) is 2.81. The minimum Gasteiger partial charge on any atom is -0.353 e. The molecular weight excluding hydrogens is 286 g/mol. The van der Waals surface area contributed by atoms with Crippen LogP contribution in [0.15, 0.2) is 30.5 Å². The fraction of sp³-hybridized carbons (Fsp3) is 0.143. The molecule has 0 spiro atoms. The highest BCUT2D eigenvalue weighted by molar-refractivity contribution is 5.68. The van der Waals surface area contributed by atoms with Crippen molar-refractivity contribution in [3.63, 3.8) is 0 Å². The number of nitriles is 1. The summed E-state index contributed by atoms with van der Waals surface area (Å²) < 4.78 is 51.8. The van der Waals surface area contributed by atoms with Gasteiger partial charge in [-0.05, 0) is 31.2 Å². The molecule has 0 saturated heterocycles. The first-order valence-electron chi connectivity index (χ1n) is 5.82. The van der Waals surface area contributed by atoms with Crippen LogP contribution in [0.2, 0.25) is 0 Å². The SMILES string of the molecule is Cc1ncccc1Nc1cc(C(F)(F)F)cc(F)c1C#N. The number of benzene rings is 1. The van der Waals surface area contributed by atoms with Crippen LogP contribution in [-0.4, -0.2) is 4.98 Å². The first-order chi connectivity index (χ1) is 9.82. The molecule has 0 amide bonds. The third-order valence-corrected chi connectivity index (χ3v) is 2.81. The monoisotopic (exact) mass is 295 g/mol. The van der Waals surface area contributed by atoms with Crippen molar-refractivity contribution in [2.75, 3.05) is 5.32 Å². The molecule has 0 aliphatic heterocycles. The van der Waals surface area contributed by atoms with E-state index < -0.39 is 23.1 Å². The molecule has 0 atom stereocenters. The Bertz CT molecular complexity index is 717. The summed E-state index contributed by atoms with van der Waals surface area (Å²) in [5, 5.41) is 11.5. The number of anilines is 2. The molecule has 2 aromatic rings. The van der Waals surface area contributed by atoms with Gasteiger partial charge < -0.3 is 5.32 Å². The van der Waals surface area contributed by atoms with Crippen molar-refractivity contribution in [3.05, 3.63) is 53.1 Å². The van der Waals surface area contributed by atoms with Crippen LogP contribution in [0.25, 0.3) is 0 Å². The van der Waals surface area contributed by atoms with Crippen molar-refractivity contribution >= 4 is 11.4 Å². The number of rotatable bonds is 2. The smallest absolute Gasteiger partial charge is 0.353 e. The Morgan fingerprint density at radius 1 is 1.24 bits per heavy atom. The van der Waals surface area contributed by atoms with E-state index in [4.69, 9.17) is 5.26 Å². The fourth-order valence-electron chi connectivity index (χ4n) is 1.74. The van der Waals surface area contributed by atoms with Crippen molar-refractivity contribution in [2.45, 2.75) is 13.1 Å². The number of pyridine rings is 1. The van der Waals surface area contributed by atoms with E-state index in [0.717, 1.165) is 0 Å². The Kier molecular flexibility index (Phi) is 3.80. The van der Waals surface area contributed by atoms with Crippen LogP contribution in [0.3, 0.4) is 0 Å². The van der Waals surface area contributed by atoms with Gasteiger partial charge in [-0.25, -0.2) is 4.39 Å². The molecule has 3 nitrogen and oxygen atoms in total. The van der Waals surface area contributed by atoms with Crippen LogP contribution in [0.4, 0.5) is 28.9 Å². The minimum absolute atomic E-state index is 0.249. The van der Waals surface area contributed by atoms with Crippen LogP contribution in [0, 0.1) is 24.1 Å². The quantitative estimate of drug-likeness (QED) is 0.846. The van der Waals surface area contributed by atoms with Crippen LogP contribution >= 0.6 is 0 Å². The van der Waals surface area contributed by atoms with Crippen molar-refractivity contribution in [2.24, 2.45) is 0 Å². The van der Waals surface area contributed by atoms with Crippen LogP contribution in [0.5, 0.6) is 0 Å². The Morgan fingerprint density at radius 3 is 2.52 bits per heavy atom. The van der Waals surface area contributed by atoms with Crippen LogP contribution < -0.4 is 5.32 Å². The molecule has 21 heavy (non-hydrogen) atoms. The number of nitrogens with zero attached hydrogens (tertiary/aromatic N) is 2. The highest BCUT2D eigenvalue weighted by Gasteiger charge is 2.32. The highest BCUT2D eigenvalue weighted by Crippen LogP contribution is 2.34. The lowest BCUT2D eigenvalue weighted by Crippen LogP contribution is -2.08.